The minimum Gasteiger partial charge on any atom is -0.370 e. The van der Waals surface area contributed by atoms with Gasteiger partial charge in [-0.25, -0.2) is 27.0 Å². The average Bonchev–Trinajstić information content (AvgIpc) is 3.45. The molecule has 1 saturated carbocycles. The monoisotopic (exact) mass is 545 g/mol. The Morgan fingerprint density at radius 1 is 0.895 bits per heavy atom. The molecular formula is C26H30F3N7OS. The van der Waals surface area contributed by atoms with E-state index in [1.165, 1.54) is 25.0 Å². The predicted octanol–water partition coefficient (Wildman–Crippen LogP) is 4.79. The number of piperidine rings is 2. The van der Waals surface area contributed by atoms with Gasteiger partial charge in [-0.2, -0.15) is 0 Å². The van der Waals surface area contributed by atoms with Crippen LogP contribution in [0, 0.1) is 11.2 Å². The van der Waals surface area contributed by atoms with E-state index in [4.69, 9.17) is 0 Å². The van der Waals surface area contributed by atoms with Crippen molar-refractivity contribution in [3.05, 3.63) is 42.3 Å². The normalized spacial score (nSPS) is 20.9. The van der Waals surface area contributed by atoms with E-state index in [-0.39, 0.29) is 31.7 Å². The van der Waals surface area contributed by atoms with E-state index in [1.54, 1.807) is 22.0 Å². The van der Waals surface area contributed by atoms with Crippen LogP contribution in [0.2, 0.25) is 0 Å². The van der Waals surface area contributed by atoms with E-state index in [1.807, 2.05) is 18.2 Å². The molecule has 1 aliphatic carbocycles. The van der Waals surface area contributed by atoms with Crippen LogP contribution >= 0.6 is 0 Å². The summed E-state index contributed by atoms with van der Waals surface area (Å²) < 4.78 is 58.3. The molecule has 1 unspecified atom stereocenters. The summed E-state index contributed by atoms with van der Waals surface area (Å²) in [6.45, 7) is 1.95. The molecule has 38 heavy (non-hydrogen) atoms. The first kappa shape index (κ1) is 25.1. The summed E-state index contributed by atoms with van der Waals surface area (Å²) in [6.07, 6.45) is 7.59. The van der Waals surface area contributed by atoms with E-state index in [0.29, 0.717) is 16.8 Å². The zero-order valence-corrected chi connectivity index (χ0v) is 22.0. The highest BCUT2D eigenvalue weighted by Gasteiger charge is 2.44. The van der Waals surface area contributed by atoms with Gasteiger partial charge in [-0.1, -0.05) is 5.21 Å². The second-order valence-corrected chi connectivity index (χ2v) is 11.8. The van der Waals surface area contributed by atoms with Crippen LogP contribution in [-0.2, 0) is 11.0 Å². The van der Waals surface area contributed by atoms with Crippen molar-refractivity contribution in [3.63, 3.8) is 0 Å². The Morgan fingerprint density at radius 3 is 2.29 bits per heavy atom. The van der Waals surface area contributed by atoms with E-state index < -0.39 is 22.7 Å². The van der Waals surface area contributed by atoms with Crippen LogP contribution < -0.4 is 14.5 Å². The minimum absolute atomic E-state index is 0.0382. The number of alkyl halides is 2. The molecule has 2 aliphatic heterocycles. The Morgan fingerprint density at radius 2 is 1.61 bits per heavy atom. The molecule has 1 spiro atoms. The Kier molecular flexibility index (Phi) is 6.32. The highest BCUT2D eigenvalue weighted by atomic mass is 32.2. The number of anilines is 3. The molecule has 3 aliphatic rings. The van der Waals surface area contributed by atoms with Crippen LogP contribution in [-0.4, -0.2) is 62.5 Å². The Labute approximate surface area is 221 Å². The second kappa shape index (κ2) is 9.55. The third-order valence-corrected chi connectivity index (χ3v) is 8.51. The number of hydrogen-bond donors (Lipinski definition) is 1. The third-order valence-electron chi connectivity index (χ3n) is 7.98. The van der Waals surface area contributed by atoms with Gasteiger partial charge in [0.2, 0.25) is 0 Å². The molecule has 202 valence electrons. The van der Waals surface area contributed by atoms with Crippen LogP contribution in [0.4, 0.5) is 30.4 Å². The maximum Gasteiger partial charge on any atom is 0.251 e. The predicted molar refractivity (Wildman–Crippen MR) is 142 cm³/mol. The molecule has 1 aromatic carbocycles. The van der Waals surface area contributed by atoms with Gasteiger partial charge in [-0.3, -0.25) is 0 Å². The van der Waals surface area contributed by atoms with Crippen LogP contribution in [0.5, 0.6) is 0 Å². The van der Waals surface area contributed by atoms with Crippen LogP contribution in [0.1, 0.15) is 38.5 Å². The van der Waals surface area contributed by atoms with Crippen molar-refractivity contribution in [2.45, 2.75) is 44.4 Å². The zero-order chi connectivity index (χ0) is 26.5. The molecule has 4 heterocycles. The van der Waals surface area contributed by atoms with Gasteiger partial charge in [0.1, 0.15) is 16.7 Å². The molecule has 3 fully saturated rings. The lowest BCUT2D eigenvalue weighted by Crippen LogP contribution is -2.40. The lowest BCUT2D eigenvalue weighted by molar-refractivity contribution is -0.0222. The summed E-state index contributed by atoms with van der Waals surface area (Å²) in [7, 11) is -1.20. The maximum atomic E-state index is 14.6. The summed E-state index contributed by atoms with van der Waals surface area (Å²) in [5, 5.41) is 8.65. The van der Waals surface area contributed by atoms with Crippen LogP contribution in [0.15, 0.2) is 36.5 Å². The van der Waals surface area contributed by atoms with Gasteiger partial charge in [-0.15, -0.1) is 5.10 Å². The fourth-order valence-electron chi connectivity index (χ4n) is 5.44. The Bertz CT molecular complexity index is 1360. The number of hydrogen-bond acceptors (Lipinski definition) is 6. The van der Waals surface area contributed by atoms with Gasteiger partial charge < -0.3 is 14.5 Å². The molecule has 2 saturated heterocycles. The first-order chi connectivity index (χ1) is 18.2. The minimum atomic E-state index is -2.73. The Balaban J connectivity index is 1.29. The van der Waals surface area contributed by atoms with Crippen molar-refractivity contribution in [2.75, 3.05) is 47.0 Å². The van der Waals surface area contributed by atoms with E-state index >= 15 is 0 Å². The first-order valence-electron chi connectivity index (χ1n) is 12.9. The van der Waals surface area contributed by atoms with Crippen molar-refractivity contribution >= 4 is 28.2 Å². The average molecular weight is 546 g/mol. The Hall–Kier alpha value is -3.15. The fourth-order valence-corrected chi connectivity index (χ4v) is 5.90. The highest BCUT2D eigenvalue weighted by Crippen LogP contribution is 2.54. The van der Waals surface area contributed by atoms with E-state index in [0.717, 1.165) is 43.0 Å². The number of halogens is 3. The summed E-state index contributed by atoms with van der Waals surface area (Å²) in [4.78, 5) is 8.34. The van der Waals surface area contributed by atoms with Gasteiger partial charge in [-0.05, 0) is 61.4 Å². The number of aromatic nitrogens is 4. The molecule has 0 bridgehead atoms. The number of nitrogens with zero attached hydrogens (tertiary/aromatic N) is 6. The lowest BCUT2D eigenvalue weighted by Gasteiger charge is -2.35. The van der Waals surface area contributed by atoms with E-state index in [2.05, 4.69) is 24.9 Å². The van der Waals surface area contributed by atoms with Crippen molar-refractivity contribution in [2.24, 2.45) is 5.41 Å². The topological polar surface area (TPSA) is 79.2 Å². The zero-order valence-electron chi connectivity index (χ0n) is 21.2. The number of nitrogens with one attached hydrogen (secondary N) is 1. The van der Waals surface area contributed by atoms with Gasteiger partial charge in [0, 0.05) is 51.0 Å². The van der Waals surface area contributed by atoms with Crippen LogP contribution in [0.25, 0.3) is 17.1 Å². The van der Waals surface area contributed by atoms with Crippen molar-refractivity contribution in [1.29, 1.82) is 0 Å². The van der Waals surface area contributed by atoms with Gasteiger partial charge in [0.15, 0.2) is 11.6 Å². The highest BCUT2D eigenvalue weighted by molar-refractivity contribution is 7.85. The molecule has 0 amide bonds. The van der Waals surface area contributed by atoms with Crippen LogP contribution in [0.3, 0.4) is 0 Å². The summed E-state index contributed by atoms with van der Waals surface area (Å²) in [6, 6.07) is 8.58. The molecule has 1 N–H and O–H groups in total. The largest absolute Gasteiger partial charge is 0.370 e. The number of rotatable bonds is 6. The molecule has 12 heteroatoms. The smallest absolute Gasteiger partial charge is 0.251 e. The van der Waals surface area contributed by atoms with Crippen molar-refractivity contribution in [3.8, 4) is 17.1 Å². The molecule has 2 aromatic heterocycles. The third kappa shape index (κ3) is 5.10. The van der Waals surface area contributed by atoms with E-state index in [9.17, 15) is 17.4 Å². The second-order valence-electron chi connectivity index (χ2n) is 10.6. The first-order valence-corrected chi connectivity index (χ1v) is 14.5. The quantitative estimate of drug-likeness (QED) is 0.480. The van der Waals surface area contributed by atoms with Crippen molar-refractivity contribution < 1.29 is 17.4 Å². The SMILES string of the molecule is CS(=O)Nc1ccc(-n2cc(-c3ccc(F)c(N4CCC(F)(F)CC4)n3)nn2)c(N2CCC3(CC2)CC3)c1. The number of pyridine rings is 1. The molecular weight excluding hydrogens is 515 g/mol. The fraction of sp³-hybridized carbons (Fsp3) is 0.500. The molecule has 8 nitrogen and oxygen atoms in total. The lowest BCUT2D eigenvalue weighted by atomic mass is 9.93. The molecule has 6 rings (SSSR count). The molecule has 1 atom stereocenters. The van der Waals surface area contributed by atoms with Gasteiger partial charge in [0.05, 0.1) is 23.3 Å². The molecule has 0 radical (unpaired) electrons. The number of benzene rings is 1. The summed E-state index contributed by atoms with van der Waals surface area (Å²) in [5.74, 6) is -3.22. The summed E-state index contributed by atoms with van der Waals surface area (Å²) in [5.41, 5.74) is 3.94. The van der Waals surface area contributed by atoms with Crippen molar-refractivity contribution in [1.82, 2.24) is 20.0 Å². The maximum absolute atomic E-state index is 14.6. The van der Waals surface area contributed by atoms with Gasteiger partial charge in [0.25, 0.3) is 5.92 Å². The summed E-state index contributed by atoms with van der Waals surface area (Å²) >= 11 is 0. The van der Waals surface area contributed by atoms with Gasteiger partial charge >= 0.3 is 0 Å². The molecule has 3 aromatic rings. The standard InChI is InChI=1S/C26H30F3N7OS/c1-38(37)32-18-2-5-22(23(16-18)34-12-8-25(6-7-25)9-13-34)36-17-21(31-33-36)20-4-3-19(27)24(30-20)35-14-10-26(28,29)11-15-35/h2-5,16-17,32H,6-15H2,1H3.